The predicted octanol–water partition coefficient (Wildman–Crippen LogP) is 9.74. The van der Waals surface area contributed by atoms with E-state index < -0.39 is 12.1 Å². The summed E-state index contributed by atoms with van der Waals surface area (Å²) in [5.74, 6) is 1.74. The molecule has 2 saturated carbocycles. The van der Waals surface area contributed by atoms with Crippen LogP contribution in [0.5, 0.6) is 0 Å². The number of esters is 1. The van der Waals surface area contributed by atoms with Crippen LogP contribution in [0.1, 0.15) is 97.0 Å². The second-order valence-corrected chi connectivity index (χ2v) is 13.3. The van der Waals surface area contributed by atoms with Crippen molar-refractivity contribution in [1.82, 2.24) is 5.32 Å². The van der Waals surface area contributed by atoms with Crippen LogP contribution < -0.4 is 5.32 Å². The summed E-state index contributed by atoms with van der Waals surface area (Å²) in [6.45, 7) is 12.5. The molecule has 2 fully saturated rings. The van der Waals surface area contributed by atoms with Crippen LogP contribution in [0.4, 0.5) is 4.79 Å². The van der Waals surface area contributed by atoms with E-state index in [-0.39, 0.29) is 31.3 Å². The maximum atomic E-state index is 11.8. The Bertz CT molecular complexity index is 1020. The molecule has 7 heteroatoms. The first-order valence-electron chi connectivity index (χ1n) is 17.9. The van der Waals surface area contributed by atoms with Crippen LogP contribution in [0.3, 0.4) is 0 Å². The van der Waals surface area contributed by atoms with Gasteiger partial charge in [-0.3, -0.25) is 0 Å². The molecule has 0 aliphatic heterocycles. The van der Waals surface area contributed by atoms with Crippen LogP contribution in [0.2, 0.25) is 0 Å². The minimum Gasteiger partial charge on any atom is -0.460 e. The van der Waals surface area contributed by atoms with Gasteiger partial charge in [-0.25, -0.2) is 9.59 Å². The lowest BCUT2D eigenvalue weighted by molar-refractivity contribution is -0.138. The molecule has 2 aliphatic carbocycles. The highest BCUT2D eigenvalue weighted by atomic mass is 16.6. The first-order valence-corrected chi connectivity index (χ1v) is 17.9. The lowest BCUT2D eigenvalue weighted by Crippen LogP contribution is -2.32. The summed E-state index contributed by atoms with van der Waals surface area (Å²) in [5, 5.41) is 2.56. The Hall–Kier alpha value is -3.16. The third kappa shape index (κ3) is 23.2. The second-order valence-electron chi connectivity index (χ2n) is 13.3. The third-order valence-electron chi connectivity index (χ3n) is 8.71. The summed E-state index contributed by atoms with van der Waals surface area (Å²) < 4.78 is 21.2. The molecule has 270 valence electrons. The molecule has 2 atom stereocenters. The molecule has 4 rings (SSSR count). The van der Waals surface area contributed by atoms with E-state index in [9.17, 15) is 9.59 Å². The number of hydrogen-bond donors (Lipinski definition) is 1. The Morgan fingerprint density at radius 1 is 0.729 bits per heavy atom. The molecule has 0 aromatic heterocycles. The van der Waals surface area contributed by atoms with Gasteiger partial charge in [-0.2, -0.15) is 0 Å². The van der Waals surface area contributed by atoms with Gasteiger partial charge >= 0.3 is 12.1 Å². The number of hydrogen-bond acceptors (Lipinski definition) is 6. The summed E-state index contributed by atoms with van der Waals surface area (Å²) in [6, 6.07) is 22.3. The van der Waals surface area contributed by atoms with Gasteiger partial charge in [-0.15, -0.1) is 0 Å². The monoisotopic (exact) mass is 667 g/mol. The molecule has 48 heavy (non-hydrogen) atoms. The highest BCUT2D eigenvalue weighted by Crippen LogP contribution is 2.27. The van der Waals surface area contributed by atoms with Crippen LogP contribution in [0, 0.1) is 24.7 Å². The average Bonchev–Trinajstić information content (AvgIpc) is 3.07. The van der Waals surface area contributed by atoms with Crippen molar-refractivity contribution in [2.75, 3.05) is 34.0 Å². The van der Waals surface area contributed by atoms with Crippen LogP contribution in [0.15, 0.2) is 78.9 Å². The smallest absolute Gasteiger partial charge is 0.407 e. The fourth-order valence-corrected chi connectivity index (χ4v) is 5.72. The molecule has 2 aromatic carbocycles. The number of methoxy groups -OCH3 is 2. The topological polar surface area (TPSA) is 83.1 Å². The number of carbonyl (C=O) groups excluding carboxylic acids is 2. The van der Waals surface area contributed by atoms with E-state index in [1.807, 2.05) is 54.6 Å². The number of nitrogens with one attached hydrogen (secondary N) is 1. The average molecular weight is 668 g/mol. The van der Waals surface area contributed by atoms with Gasteiger partial charge in [0.2, 0.25) is 0 Å². The molecular formula is C41H65NO6. The summed E-state index contributed by atoms with van der Waals surface area (Å²) in [5.41, 5.74) is 1.65. The highest BCUT2D eigenvalue weighted by Gasteiger charge is 2.25. The van der Waals surface area contributed by atoms with Crippen LogP contribution in [-0.4, -0.2) is 58.2 Å². The van der Waals surface area contributed by atoms with Crippen molar-refractivity contribution in [1.29, 1.82) is 0 Å². The molecule has 2 aliphatic rings. The summed E-state index contributed by atoms with van der Waals surface area (Å²) in [6.07, 6.45) is 13.5. The highest BCUT2D eigenvalue weighted by molar-refractivity contribution is 5.86. The van der Waals surface area contributed by atoms with Crippen LogP contribution in [0.25, 0.3) is 0 Å². The van der Waals surface area contributed by atoms with Gasteiger partial charge < -0.3 is 24.3 Å². The first kappa shape index (κ1) is 42.9. The van der Waals surface area contributed by atoms with Gasteiger partial charge in [0.25, 0.3) is 0 Å². The minimum absolute atomic E-state index is 0.0850. The number of ether oxygens (including phenoxy) is 4. The van der Waals surface area contributed by atoms with Crippen molar-refractivity contribution in [3.05, 3.63) is 84.4 Å². The van der Waals surface area contributed by atoms with Gasteiger partial charge in [-0.1, -0.05) is 131 Å². The van der Waals surface area contributed by atoms with E-state index in [0.29, 0.717) is 12.2 Å². The molecule has 2 unspecified atom stereocenters. The van der Waals surface area contributed by atoms with Crippen LogP contribution >= 0.6 is 0 Å². The number of benzene rings is 2. The van der Waals surface area contributed by atoms with Crippen molar-refractivity contribution in [3.63, 3.8) is 0 Å². The standard InChI is InChI=1S/C18H31NO6.C10H20.C7H8.C6H6/c1-13(2)17(20)24-9-8-19-18(21)25-12-14-10-15(22-3)6-5-7-16(11-14)23-4;1-9-5-3-7-10(2)8-4-6-9;1-7-5-3-2-4-6-7;1-2-4-6-5-3-1/h14-16H,1,5-12H2,2-4H3,(H,19,21);9-10H,3-8H2,1-2H3;2-6H,1H3;1-6H. The molecule has 0 saturated heterocycles. The number of amides is 1. The molecule has 0 radical (unpaired) electrons. The van der Waals surface area contributed by atoms with E-state index >= 15 is 0 Å². The molecule has 1 N–H and O–H groups in total. The first-order chi connectivity index (χ1) is 23.1. The fraction of sp³-hybridized carbons (Fsp3) is 0.610. The van der Waals surface area contributed by atoms with Crippen molar-refractivity contribution in [2.24, 2.45) is 17.8 Å². The Kier molecular flexibility index (Phi) is 24.8. The Labute approximate surface area is 292 Å². The quantitative estimate of drug-likeness (QED) is 0.171. The van der Waals surface area contributed by atoms with E-state index in [1.54, 1.807) is 21.1 Å². The third-order valence-corrected chi connectivity index (χ3v) is 8.71. The Morgan fingerprint density at radius 2 is 1.17 bits per heavy atom. The molecule has 0 spiro atoms. The molecule has 2 aromatic rings. The summed E-state index contributed by atoms with van der Waals surface area (Å²) in [7, 11) is 3.44. The molecule has 1 amide bonds. The van der Waals surface area contributed by atoms with Gasteiger partial charge in [-0.05, 0) is 63.7 Å². The van der Waals surface area contributed by atoms with Gasteiger partial charge in [0.1, 0.15) is 6.61 Å². The SMILES string of the molecule is C=C(C)C(=O)OCCNC(=O)OCC1CC(OC)CCCC(OC)C1.CC1CCCC(C)CCC1.Cc1ccccc1.c1ccccc1. The fourth-order valence-electron chi connectivity index (χ4n) is 5.72. The molecule has 0 heterocycles. The maximum absolute atomic E-state index is 11.8. The van der Waals surface area contributed by atoms with E-state index in [1.165, 1.54) is 44.1 Å². The molecular weight excluding hydrogens is 602 g/mol. The summed E-state index contributed by atoms with van der Waals surface area (Å²) >= 11 is 0. The Balaban J connectivity index is 0.000000399. The zero-order chi connectivity index (χ0) is 35.4. The van der Waals surface area contributed by atoms with Gasteiger partial charge in [0.05, 0.1) is 25.4 Å². The number of aryl methyl sites for hydroxylation is 1. The van der Waals surface area contributed by atoms with Gasteiger partial charge in [0, 0.05) is 19.8 Å². The summed E-state index contributed by atoms with van der Waals surface area (Å²) in [4.78, 5) is 23.0. The van der Waals surface area contributed by atoms with E-state index in [0.717, 1.165) is 43.9 Å². The van der Waals surface area contributed by atoms with Crippen LogP contribution in [-0.2, 0) is 23.7 Å². The van der Waals surface area contributed by atoms with Crippen molar-refractivity contribution in [2.45, 2.75) is 111 Å². The molecule has 0 bridgehead atoms. The minimum atomic E-state index is -0.517. The second kappa shape index (κ2) is 27.8. The van der Waals surface area contributed by atoms with E-state index in [4.69, 9.17) is 18.9 Å². The molecule has 7 nitrogen and oxygen atoms in total. The van der Waals surface area contributed by atoms with Crippen molar-refractivity contribution >= 4 is 12.1 Å². The number of carbonyl (C=O) groups is 2. The lowest BCUT2D eigenvalue weighted by atomic mass is 9.88. The van der Waals surface area contributed by atoms with Gasteiger partial charge in [0.15, 0.2) is 0 Å². The predicted molar refractivity (Wildman–Crippen MR) is 197 cm³/mol. The lowest BCUT2D eigenvalue weighted by Gasteiger charge is -2.29. The van der Waals surface area contributed by atoms with E-state index in [2.05, 4.69) is 44.8 Å². The number of alkyl carbamates (subject to hydrolysis) is 1. The Morgan fingerprint density at radius 3 is 1.56 bits per heavy atom. The largest absolute Gasteiger partial charge is 0.460 e. The number of rotatable bonds is 8. The van der Waals surface area contributed by atoms with Crippen molar-refractivity contribution in [3.8, 4) is 0 Å². The zero-order valence-electron chi connectivity index (χ0n) is 30.8. The normalized spacial score (nSPS) is 22.3. The zero-order valence-corrected chi connectivity index (χ0v) is 30.8. The van der Waals surface area contributed by atoms with Crippen molar-refractivity contribution < 1.29 is 28.5 Å². The maximum Gasteiger partial charge on any atom is 0.407 e.